The summed E-state index contributed by atoms with van der Waals surface area (Å²) in [5.41, 5.74) is 7.44. The Kier molecular flexibility index (Phi) is 4.14. The number of carbonyl (C=O) groups excluding carboxylic acids is 1. The topological polar surface area (TPSA) is 89.3 Å². The summed E-state index contributed by atoms with van der Waals surface area (Å²) in [5, 5.41) is 0.647. The molecule has 1 aliphatic carbocycles. The molecule has 0 bridgehead atoms. The first kappa shape index (κ1) is 16.0. The zero-order valence-corrected chi connectivity index (χ0v) is 13.7. The number of hydrogen-bond acceptors (Lipinski definition) is 3. The third-order valence-electron chi connectivity index (χ3n) is 3.93. The van der Waals surface area contributed by atoms with E-state index in [0.29, 0.717) is 11.4 Å². The molecule has 0 saturated carbocycles. The SMILES string of the molecule is NC(=O)c1ccc(S(=O)(=O)N[C@H]2CCc3cc(Cl)ccc32)cc1. The normalized spacial score (nSPS) is 17.0. The maximum atomic E-state index is 12.5. The second kappa shape index (κ2) is 5.96. The molecule has 1 atom stereocenters. The average Bonchev–Trinajstić information content (AvgIpc) is 2.89. The van der Waals surface area contributed by atoms with Crippen LogP contribution in [0.4, 0.5) is 0 Å². The van der Waals surface area contributed by atoms with E-state index in [9.17, 15) is 13.2 Å². The van der Waals surface area contributed by atoms with Crippen LogP contribution in [-0.2, 0) is 16.4 Å². The number of primary amides is 1. The molecular weight excluding hydrogens is 336 g/mol. The Labute approximate surface area is 139 Å². The quantitative estimate of drug-likeness (QED) is 0.887. The molecule has 0 aliphatic heterocycles. The molecule has 0 radical (unpaired) electrons. The largest absolute Gasteiger partial charge is 0.366 e. The van der Waals surface area contributed by atoms with Gasteiger partial charge in [0.15, 0.2) is 0 Å². The number of halogens is 1. The number of sulfonamides is 1. The Balaban J connectivity index is 1.84. The molecule has 1 aliphatic rings. The van der Waals surface area contributed by atoms with Gasteiger partial charge in [-0.05, 0) is 60.4 Å². The lowest BCUT2D eigenvalue weighted by molar-refractivity contribution is 0.1000. The summed E-state index contributed by atoms with van der Waals surface area (Å²) in [7, 11) is -3.67. The monoisotopic (exact) mass is 350 g/mol. The first-order valence-corrected chi connectivity index (χ1v) is 8.93. The van der Waals surface area contributed by atoms with Gasteiger partial charge in [0.05, 0.1) is 4.90 Å². The third kappa shape index (κ3) is 3.24. The van der Waals surface area contributed by atoms with Crippen LogP contribution in [0.1, 0.15) is 33.9 Å². The van der Waals surface area contributed by atoms with E-state index in [2.05, 4.69) is 4.72 Å². The van der Waals surface area contributed by atoms with Crippen LogP contribution in [0.2, 0.25) is 5.02 Å². The Morgan fingerprint density at radius 3 is 2.52 bits per heavy atom. The van der Waals surface area contributed by atoms with E-state index in [0.717, 1.165) is 17.5 Å². The van der Waals surface area contributed by atoms with Gasteiger partial charge in [-0.3, -0.25) is 4.79 Å². The van der Waals surface area contributed by atoms with Crippen LogP contribution in [0.25, 0.3) is 0 Å². The predicted octanol–water partition coefficient (Wildman–Crippen LogP) is 2.40. The minimum atomic E-state index is -3.67. The maximum absolute atomic E-state index is 12.5. The van der Waals surface area contributed by atoms with Gasteiger partial charge in [-0.15, -0.1) is 0 Å². The summed E-state index contributed by atoms with van der Waals surface area (Å²) in [4.78, 5) is 11.2. The van der Waals surface area contributed by atoms with E-state index in [1.54, 1.807) is 6.07 Å². The van der Waals surface area contributed by atoms with Crippen LogP contribution >= 0.6 is 11.6 Å². The van der Waals surface area contributed by atoms with Crippen molar-refractivity contribution in [3.63, 3.8) is 0 Å². The first-order valence-electron chi connectivity index (χ1n) is 7.07. The van der Waals surface area contributed by atoms with Crippen LogP contribution < -0.4 is 10.5 Å². The number of benzene rings is 2. The van der Waals surface area contributed by atoms with Crippen molar-refractivity contribution in [2.45, 2.75) is 23.8 Å². The number of rotatable bonds is 4. The average molecular weight is 351 g/mol. The lowest BCUT2D eigenvalue weighted by Gasteiger charge is -2.14. The van der Waals surface area contributed by atoms with E-state index < -0.39 is 15.9 Å². The molecule has 0 fully saturated rings. The number of nitrogens with one attached hydrogen (secondary N) is 1. The number of hydrogen-bond donors (Lipinski definition) is 2. The molecule has 0 aromatic heterocycles. The van der Waals surface area contributed by atoms with E-state index in [1.165, 1.54) is 24.3 Å². The fourth-order valence-corrected chi connectivity index (χ4v) is 4.21. The van der Waals surface area contributed by atoms with Gasteiger partial charge in [0.2, 0.25) is 15.9 Å². The molecule has 0 unspecified atom stereocenters. The van der Waals surface area contributed by atoms with Crippen molar-refractivity contribution in [1.82, 2.24) is 4.72 Å². The smallest absolute Gasteiger partial charge is 0.248 e. The van der Waals surface area contributed by atoms with Gasteiger partial charge in [-0.1, -0.05) is 17.7 Å². The molecular formula is C16H15ClN2O3S. The van der Waals surface area contributed by atoms with Gasteiger partial charge >= 0.3 is 0 Å². The second-order valence-corrected chi connectivity index (χ2v) is 7.59. The molecule has 0 spiro atoms. The highest BCUT2D eigenvalue weighted by Gasteiger charge is 2.27. The van der Waals surface area contributed by atoms with Crippen LogP contribution in [0.5, 0.6) is 0 Å². The Bertz CT molecular complexity index is 863. The highest BCUT2D eigenvalue weighted by molar-refractivity contribution is 7.89. The molecule has 0 saturated heterocycles. The van der Waals surface area contributed by atoms with E-state index in [-0.39, 0.29) is 16.5 Å². The van der Waals surface area contributed by atoms with Crippen molar-refractivity contribution < 1.29 is 13.2 Å². The van der Waals surface area contributed by atoms with Gasteiger partial charge in [0.1, 0.15) is 0 Å². The molecule has 1 amide bonds. The highest BCUT2D eigenvalue weighted by atomic mass is 35.5. The summed E-state index contributed by atoms with van der Waals surface area (Å²) in [6.07, 6.45) is 1.47. The van der Waals surface area contributed by atoms with Gasteiger partial charge in [0, 0.05) is 16.6 Å². The standard InChI is InChI=1S/C16H15ClN2O3S/c17-12-4-7-14-11(9-12)3-8-15(14)19-23(21,22)13-5-1-10(2-6-13)16(18)20/h1-2,4-7,9,15,19H,3,8H2,(H2,18,20)/t15-/m0/s1. The van der Waals surface area contributed by atoms with Crippen LogP contribution in [-0.4, -0.2) is 14.3 Å². The number of aryl methyl sites for hydroxylation is 1. The Morgan fingerprint density at radius 1 is 1.17 bits per heavy atom. The van der Waals surface area contributed by atoms with E-state index in [1.807, 2.05) is 12.1 Å². The van der Waals surface area contributed by atoms with E-state index in [4.69, 9.17) is 17.3 Å². The molecule has 7 heteroatoms. The first-order chi connectivity index (χ1) is 10.9. The van der Waals surface area contributed by atoms with Crippen molar-refractivity contribution in [3.05, 3.63) is 64.2 Å². The molecule has 2 aromatic rings. The lowest BCUT2D eigenvalue weighted by atomic mass is 10.1. The van der Waals surface area contributed by atoms with Crippen LogP contribution in [0.15, 0.2) is 47.4 Å². The summed E-state index contributed by atoms with van der Waals surface area (Å²) < 4.78 is 27.7. The number of fused-ring (bicyclic) bond motifs is 1. The molecule has 120 valence electrons. The predicted molar refractivity (Wildman–Crippen MR) is 87.8 cm³/mol. The molecule has 0 heterocycles. The lowest BCUT2D eigenvalue weighted by Crippen LogP contribution is -2.27. The minimum Gasteiger partial charge on any atom is -0.366 e. The third-order valence-corrected chi connectivity index (χ3v) is 5.65. The van der Waals surface area contributed by atoms with Gasteiger partial charge in [0.25, 0.3) is 0 Å². The molecule has 23 heavy (non-hydrogen) atoms. The van der Waals surface area contributed by atoms with Gasteiger partial charge in [-0.25, -0.2) is 13.1 Å². The number of nitrogens with two attached hydrogens (primary N) is 1. The van der Waals surface area contributed by atoms with Crippen molar-refractivity contribution in [1.29, 1.82) is 0 Å². The summed E-state index contributed by atoms with van der Waals surface area (Å²) >= 11 is 5.96. The summed E-state index contributed by atoms with van der Waals surface area (Å²) in [6, 6.07) is 10.8. The summed E-state index contributed by atoms with van der Waals surface area (Å²) in [6.45, 7) is 0. The minimum absolute atomic E-state index is 0.102. The summed E-state index contributed by atoms with van der Waals surface area (Å²) in [5.74, 6) is -0.594. The van der Waals surface area contributed by atoms with Crippen molar-refractivity contribution in [2.24, 2.45) is 5.73 Å². The van der Waals surface area contributed by atoms with Gasteiger partial charge < -0.3 is 5.73 Å². The van der Waals surface area contributed by atoms with Gasteiger partial charge in [-0.2, -0.15) is 0 Å². The Hall–Kier alpha value is -1.89. The zero-order valence-electron chi connectivity index (χ0n) is 12.1. The Morgan fingerprint density at radius 2 is 1.87 bits per heavy atom. The number of amides is 1. The van der Waals surface area contributed by atoms with Crippen molar-refractivity contribution >= 4 is 27.5 Å². The molecule has 3 rings (SSSR count). The molecule has 3 N–H and O–H groups in total. The molecule has 5 nitrogen and oxygen atoms in total. The van der Waals surface area contributed by atoms with E-state index >= 15 is 0 Å². The fraction of sp³-hybridized carbons (Fsp3) is 0.188. The highest BCUT2D eigenvalue weighted by Crippen LogP contribution is 2.33. The second-order valence-electron chi connectivity index (χ2n) is 5.44. The van der Waals surface area contributed by atoms with Crippen LogP contribution in [0, 0.1) is 0 Å². The molecule has 2 aromatic carbocycles. The van der Waals surface area contributed by atoms with Crippen molar-refractivity contribution in [3.8, 4) is 0 Å². The zero-order chi connectivity index (χ0) is 16.6. The van der Waals surface area contributed by atoms with Crippen molar-refractivity contribution in [2.75, 3.05) is 0 Å². The maximum Gasteiger partial charge on any atom is 0.248 e. The fourth-order valence-electron chi connectivity index (χ4n) is 2.76. The van der Waals surface area contributed by atoms with Crippen LogP contribution in [0.3, 0.4) is 0 Å². The number of carbonyl (C=O) groups is 1.